The van der Waals surface area contributed by atoms with Crippen LogP contribution in [0.5, 0.6) is 0 Å². The Morgan fingerprint density at radius 1 is 1.33 bits per heavy atom. The Bertz CT molecular complexity index is 797. The highest BCUT2D eigenvalue weighted by Gasteiger charge is 2.35. The number of fused-ring (bicyclic) bond motifs is 1. The van der Waals surface area contributed by atoms with Crippen LogP contribution >= 0.6 is 0 Å². The maximum absolute atomic E-state index is 12.9. The number of aryl methyl sites for hydroxylation is 1. The molecule has 0 bridgehead atoms. The summed E-state index contributed by atoms with van der Waals surface area (Å²) in [4.78, 5) is 35.6. The summed E-state index contributed by atoms with van der Waals surface area (Å²) in [5.74, 6) is -0.252. The van der Waals surface area contributed by atoms with Crippen molar-refractivity contribution in [2.75, 3.05) is 19.6 Å². The minimum atomic E-state index is -0.480. The summed E-state index contributed by atoms with van der Waals surface area (Å²) in [6.45, 7) is 1.66. The first-order valence-corrected chi connectivity index (χ1v) is 8.22. The molecule has 8 heteroatoms. The van der Waals surface area contributed by atoms with Crippen LogP contribution in [-0.2, 0) is 11.8 Å². The Balaban J connectivity index is 1.58. The van der Waals surface area contributed by atoms with Gasteiger partial charge in [-0.3, -0.25) is 9.59 Å². The molecule has 1 atom stereocenters. The zero-order valence-corrected chi connectivity index (χ0v) is 13.5. The molecule has 2 amide bonds. The van der Waals surface area contributed by atoms with Crippen LogP contribution in [0, 0.1) is 0 Å². The molecule has 2 aromatic rings. The average Bonchev–Trinajstić information content (AvgIpc) is 3.35. The van der Waals surface area contributed by atoms with Crippen LogP contribution in [0.1, 0.15) is 23.2 Å². The van der Waals surface area contributed by atoms with Gasteiger partial charge in [0.05, 0.1) is 11.9 Å². The largest absolute Gasteiger partial charge is 0.352 e. The number of piperazine rings is 1. The summed E-state index contributed by atoms with van der Waals surface area (Å²) in [6.07, 6.45) is 5.28. The minimum Gasteiger partial charge on any atom is -0.352 e. The molecule has 2 aromatic heterocycles. The molecule has 3 heterocycles. The van der Waals surface area contributed by atoms with E-state index in [2.05, 4.69) is 20.6 Å². The second-order valence-electron chi connectivity index (χ2n) is 6.42. The lowest BCUT2D eigenvalue weighted by Crippen LogP contribution is -2.59. The fourth-order valence-corrected chi connectivity index (χ4v) is 3.01. The first-order chi connectivity index (χ1) is 11.6. The van der Waals surface area contributed by atoms with Crippen molar-refractivity contribution in [3.05, 3.63) is 24.2 Å². The third kappa shape index (κ3) is 2.73. The Kier molecular flexibility index (Phi) is 3.68. The second kappa shape index (κ2) is 5.86. The molecule has 0 radical (unpaired) electrons. The van der Waals surface area contributed by atoms with Crippen molar-refractivity contribution in [2.45, 2.75) is 24.9 Å². The van der Waals surface area contributed by atoms with Crippen molar-refractivity contribution in [3.63, 3.8) is 0 Å². The summed E-state index contributed by atoms with van der Waals surface area (Å²) in [7, 11) is 1.86. The van der Waals surface area contributed by atoms with Gasteiger partial charge in [-0.1, -0.05) is 0 Å². The number of hydrogen-bond donors (Lipinski definition) is 2. The van der Waals surface area contributed by atoms with Gasteiger partial charge in [-0.15, -0.1) is 0 Å². The number of carbonyl (C=O) groups is 2. The number of aromatic nitrogens is 3. The molecule has 1 saturated carbocycles. The number of pyridine rings is 1. The van der Waals surface area contributed by atoms with Gasteiger partial charge in [-0.05, 0) is 18.9 Å². The summed E-state index contributed by atoms with van der Waals surface area (Å²) in [6, 6.07) is 1.54. The van der Waals surface area contributed by atoms with E-state index in [1.54, 1.807) is 28.1 Å². The molecule has 8 nitrogen and oxygen atoms in total. The lowest BCUT2D eigenvalue weighted by atomic mass is 10.1. The molecule has 0 aromatic carbocycles. The van der Waals surface area contributed by atoms with Gasteiger partial charge in [0.15, 0.2) is 5.65 Å². The number of carbonyl (C=O) groups excluding carboxylic acids is 2. The third-order valence-electron chi connectivity index (χ3n) is 4.53. The minimum absolute atomic E-state index is 0.0788. The molecule has 24 heavy (non-hydrogen) atoms. The van der Waals surface area contributed by atoms with Crippen molar-refractivity contribution in [3.8, 4) is 0 Å². The highest BCUT2D eigenvalue weighted by molar-refractivity contribution is 5.99. The van der Waals surface area contributed by atoms with Crippen LogP contribution in [0.4, 0.5) is 0 Å². The average molecular weight is 328 g/mol. The molecule has 2 aliphatic rings. The Morgan fingerprint density at radius 2 is 2.17 bits per heavy atom. The van der Waals surface area contributed by atoms with E-state index in [9.17, 15) is 9.59 Å². The first kappa shape index (κ1) is 15.1. The van der Waals surface area contributed by atoms with Gasteiger partial charge in [-0.25, -0.2) is 9.97 Å². The molecule has 1 aliphatic heterocycles. The number of nitrogens with zero attached hydrogens (tertiary/aromatic N) is 4. The quantitative estimate of drug-likeness (QED) is 0.804. The lowest BCUT2D eigenvalue weighted by molar-refractivity contribution is -0.126. The molecule has 2 fully saturated rings. The second-order valence-corrected chi connectivity index (χ2v) is 6.42. The molecular formula is C16H20N6O2. The van der Waals surface area contributed by atoms with Gasteiger partial charge in [0, 0.05) is 38.9 Å². The summed E-state index contributed by atoms with van der Waals surface area (Å²) >= 11 is 0. The van der Waals surface area contributed by atoms with Crippen molar-refractivity contribution in [2.24, 2.45) is 7.05 Å². The van der Waals surface area contributed by atoms with E-state index in [0.29, 0.717) is 30.7 Å². The van der Waals surface area contributed by atoms with Gasteiger partial charge in [0.1, 0.15) is 11.6 Å². The summed E-state index contributed by atoms with van der Waals surface area (Å²) in [5.41, 5.74) is 1.87. The molecule has 2 N–H and O–H groups in total. The molecule has 126 valence electrons. The van der Waals surface area contributed by atoms with E-state index in [-0.39, 0.29) is 17.9 Å². The summed E-state index contributed by atoms with van der Waals surface area (Å²) in [5, 5.41) is 6.18. The lowest BCUT2D eigenvalue weighted by Gasteiger charge is -2.35. The Labute approximate surface area is 139 Å². The molecule has 1 unspecified atom stereocenters. The predicted octanol–water partition coefficient (Wildman–Crippen LogP) is -0.339. The van der Waals surface area contributed by atoms with Gasteiger partial charge in [0.2, 0.25) is 5.91 Å². The molecule has 1 aliphatic carbocycles. The topological polar surface area (TPSA) is 92.2 Å². The standard InChI is InChI=1S/C16H20N6O2/c1-21-9-19-12-6-10(7-18-14(12)21)16(24)22-5-4-17-8-13(22)15(23)20-11-2-3-11/h6-7,9,11,13,17H,2-5,8H2,1H3,(H,20,23). The predicted molar refractivity (Wildman–Crippen MR) is 87.4 cm³/mol. The van der Waals surface area contributed by atoms with E-state index in [0.717, 1.165) is 18.5 Å². The molecule has 0 spiro atoms. The van der Waals surface area contributed by atoms with Crippen molar-refractivity contribution >= 4 is 23.0 Å². The molecular weight excluding hydrogens is 308 g/mol. The Morgan fingerprint density at radius 3 is 2.96 bits per heavy atom. The SMILES string of the molecule is Cn1cnc2cc(C(=O)N3CCNCC3C(=O)NC3CC3)cnc21. The van der Waals surface area contributed by atoms with E-state index in [1.807, 2.05) is 7.05 Å². The van der Waals surface area contributed by atoms with Gasteiger partial charge < -0.3 is 20.1 Å². The van der Waals surface area contributed by atoms with Crippen LogP contribution in [0.15, 0.2) is 18.6 Å². The fraction of sp³-hybridized carbons (Fsp3) is 0.500. The number of rotatable bonds is 3. The number of amides is 2. The third-order valence-corrected chi connectivity index (χ3v) is 4.53. The van der Waals surface area contributed by atoms with Crippen molar-refractivity contribution < 1.29 is 9.59 Å². The number of nitrogens with one attached hydrogen (secondary N) is 2. The van der Waals surface area contributed by atoms with Crippen molar-refractivity contribution in [1.29, 1.82) is 0 Å². The zero-order valence-electron chi connectivity index (χ0n) is 13.5. The highest BCUT2D eigenvalue weighted by Crippen LogP contribution is 2.20. The molecule has 4 rings (SSSR count). The van der Waals surface area contributed by atoms with E-state index < -0.39 is 6.04 Å². The smallest absolute Gasteiger partial charge is 0.256 e. The number of hydrogen-bond acceptors (Lipinski definition) is 5. The monoisotopic (exact) mass is 328 g/mol. The van der Waals surface area contributed by atoms with Crippen LogP contribution in [0.25, 0.3) is 11.2 Å². The highest BCUT2D eigenvalue weighted by atomic mass is 16.2. The van der Waals surface area contributed by atoms with Gasteiger partial charge in [-0.2, -0.15) is 0 Å². The normalized spacial score (nSPS) is 21.0. The fourth-order valence-electron chi connectivity index (χ4n) is 3.01. The van der Waals surface area contributed by atoms with Crippen LogP contribution in [-0.4, -0.2) is 63.0 Å². The van der Waals surface area contributed by atoms with E-state index >= 15 is 0 Å². The van der Waals surface area contributed by atoms with Crippen LogP contribution in [0.2, 0.25) is 0 Å². The van der Waals surface area contributed by atoms with Gasteiger partial charge >= 0.3 is 0 Å². The maximum atomic E-state index is 12.9. The Hall–Kier alpha value is -2.48. The summed E-state index contributed by atoms with van der Waals surface area (Å²) < 4.78 is 1.81. The molecule has 1 saturated heterocycles. The van der Waals surface area contributed by atoms with Crippen LogP contribution < -0.4 is 10.6 Å². The first-order valence-electron chi connectivity index (χ1n) is 8.22. The van der Waals surface area contributed by atoms with E-state index in [1.165, 1.54) is 0 Å². The van der Waals surface area contributed by atoms with Crippen LogP contribution in [0.3, 0.4) is 0 Å². The van der Waals surface area contributed by atoms with Gasteiger partial charge in [0.25, 0.3) is 5.91 Å². The van der Waals surface area contributed by atoms with E-state index in [4.69, 9.17) is 0 Å². The maximum Gasteiger partial charge on any atom is 0.256 e. The zero-order chi connectivity index (χ0) is 16.7. The number of imidazole rings is 1. The van der Waals surface area contributed by atoms with Crippen molar-refractivity contribution in [1.82, 2.24) is 30.1 Å².